The van der Waals surface area contributed by atoms with E-state index in [2.05, 4.69) is 41.6 Å². The van der Waals surface area contributed by atoms with Crippen molar-refractivity contribution in [3.8, 4) is 5.75 Å². The molecule has 3 heteroatoms. The van der Waals surface area contributed by atoms with Crippen molar-refractivity contribution in [1.29, 1.82) is 0 Å². The first-order chi connectivity index (χ1) is 6.24. The molecule has 1 aromatic carbocycles. The minimum Gasteiger partial charge on any atom is -0.506 e. The second-order valence-electron chi connectivity index (χ2n) is 2.89. The zero-order valence-corrected chi connectivity index (χ0v) is 10.1. The Hall–Kier alpha value is -0.290. The lowest BCUT2D eigenvalue weighted by atomic mass is 10.1. The Morgan fingerprint density at radius 3 is 2.92 bits per heavy atom. The number of hydrogen-bond acceptors (Lipinski definition) is 2. The fourth-order valence-electron chi connectivity index (χ4n) is 1.43. The van der Waals surface area contributed by atoms with Gasteiger partial charge >= 0.3 is 0 Å². The van der Waals surface area contributed by atoms with Crippen LogP contribution >= 0.6 is 33.9 Å². The summed E-state index contributed by atoms with van der Waals surface area (Å²) in [6, 6.07) is 4.20. The van der Waals surface area contributed by atoms with Gasteiger partial charge in [0.15, 0.2) is 0 Å². The number of fused-ring (bicyclic) bond motifs is 1. The van der Waals surface area contributed by atoms with Crippen molar-refractivity contribution < 1.29 is 5.11 Å². The topological polar surface area (TPSA) is 20.2 Å². The van der Waals surface area contributed by atoms with E-state index in [-0.39, 0.29) is 0 Å². The van der Waals surface area contributed by atoms with Crippen LogP contribution in [0.1, 0.15) is 12.5 Å². The summed E-state index contributed by atoms with van der Waals surface area (Å²) >= 11 is 3.88. The van der Waals surface area contributed by atoms with Crippen molar-refractivity contribution in [2.75, 3.05) is 0 Å². The predicted octanol–water partition coefficient (Wildman–Crippen LogP) is 3.77. The molecule has 2 aromatic rings. The van der Waals surface area contributed by atoms with Crippen molar-refractivity contribution in [1.82, 2.24) is 0 Å². The van der Waals surface area contributed by atoms with Crippen LogP contribution in [0.5, 0.6) is 5.75 Å². The Morgan fingerprint density at radius 2 is 2.23 bits per heavy atom. The second kappa shape index (κ2) is 3.46. The number of benzene rings is 1. The Labute approximate surface area is 94.5 Å². The molecule has 0 unspecified atom stereocenters. The fourth-order valence-corrected chi connectivity index (χ4v) is 3.38. The maximum Gasteiger partial charge on any atom is 0.135 e. The van der Waals surface area contributed by atoms with E-state index in [1.165, 1.54) is 10.3 Å². The highest BCUT2D eigenvalue weighted by Gasteiger charge is 2.09. The van der Waals surface area contributed by atoms with Gasteiger partial charge in [0.2, 0.25) is 0 Å². The van der Waals surface area contributed by atoms with Gasteiger partial charge in [0.25, 0.3) is 0 Å². The summed E-state index contributed by atoms with van der Waals surface area (Å²) in [6.45, 7) is 2.14. The number of rotatable bonds is 1. The van der Waals surface area contributed by atoms with Crippen LogP contribution in [0.15, 0.2) is 17.5 Å². The lowest BCUT2D eigenvalue weighted by Gasteiger charge is -2.00. The molecule has 0 saturated heterocycles. The van der Waals surface area contributed by atoms with E-state index in [4.69, 9.17) is 0 Å². The van der Waals surface area contributed by atoms with Crippen LogP contribution < -0.4 is 0 Å². The summed E-state index contributed by atoms with van der Waals surface area (Å²) in [5, 5.41) is 12.4. The van der Waals surface area contributed by atoms with E-state index < -0.39 is 0 Å². The van der Waals surface area contributed by atoms with E-state index in [9.17, 15) is 5.11 Å². The molecular formula is C10H9IOS. The fraction of sp³-hybridized carbons (Fsp3) is 0.200. The first-order valence-corrected chi connectivity index (χ1v) is 6.07. The van der Waals surface area contributed by atoms with Crippen LogP contribution in [-0.4, -0.2) is 5.11 Å². The molecule has 0 bridgehead atoms. The Morgan fingerprint density at radius 1 is 1.46 bits per heavy atom. The van der Waals surface area contributed by atoms with Gasteiger partial charge in [0.1, 0.15) is 5.75 Å². The molecule has 0 saturated carbocycles. The van der Waals surface area contributed by atoms with Gasteiger partial charge in [-0.25, -0.2) is 0 Å². The van der Waals surface area contributed by atoms with Gasteiger partial charge in [-0.2, -0.15) is 0 Å². The highest BCUT2D eigenvalue weighted by molar-refractivity contribution is 14.1. The van der Waals surface area contributed by atoms with Crippen molar-refractivity contribution >= 4 is 44.0 Å². The SMILES string of the molecule is CCc1ccc(I)c2c(O)csc12. The summed E-state index contributed by atoms with van der Waals surface area (Å²) in [6.07, 6.45) is 1.02. The molecule has 0 radical (unpaired) electrons. The lowest BCUT2D eigenvalue weighted by molar-refractivity contribution is 0.483. The van der Waals surface area contributed by atoms with Gasteiger partial charge in [-0.1, -0.05) is 13.0 Å². The molecule has 2 rings (SSSR count). The van der Waals surface area contributed by atoms with Gasteiger partial charge in [-0.05, 0) is 40.6 Å². The van der Waals surface area contributed by atoms with E-state index in [0.717, 1.165) is 15.4 Å². The Bertz CT molecular complexity index is 447. The Balaban J connectivity index is 2.87. The van der Waals surface area contributed by atoms with Crippen LogP contribution in [0, 0.1) is 3.57 Å². The van der Waals surface area contributed by atoms with Crippen LogP contribution in [-0.2, 0) is 6.42 Å². The first-order valence-electron chi connectivity index (χ1n) is 4.11. The third-order valence-electron chi connectivity index (χ3n) is 2.11. The highest BCUT2D eigenvalue weighted by atomic mass is 127. The van der Waals surface area contributed by atoms with Crippen LogP contribution in [0.25, 0.3) is 10.1 Å². The average Bonchev–Trinajstić information content (AvgIpc) is 2.50. The molecule has 0 aliphatic rings. The van der Waals surface area contributed by atoms with Gasteiger partial charge in [0.05, 0.1) is 0 Å². The quantitative estimate of drug-likeness (QED) is 0.795. The number of aryl methyl sites for hydroxylation is 1. The highest BCUT2D eigenvalue weighted by Crippen LogP contribution is 2.36. The minimum atomic E-state index is 0.416. The van der Waals surface area contributed by atoms with Crippen LogP contribution in [0.3, 0.4) is 0 Å². The summed E-state index contributed by atoms with van der Waals surface area (Å²) in [5.41, 5.74) is 1.32. The molecular weight excluding hydrogens is 295 g/mol. The zero-order chi connectivity index (χ0) is 9.42. The normalized spacial score (nSPS) is 10.9. The molecule has 1 N–H and O–H groups in total. The summed E-state index contributed by atoms with van der Waals surface area (Å²) in [7, 11) is 0. The molecule has 0 aliphatic carbocycles. The summed E-state index contributed by atoms with van der Waals surface area (Å²) in [4.78, 5) is 0. The van der Waals surface area contributed by atoms with Gasteiger partial charge in [0, 0.05) is 19.0 Å². The van der Waals surface area contributed by atoms with Gasteiger partial charge < -0.3 is 5.11 Å². The van der Waals surface area contributed by atoms with Crippen molar-refractivity contribution in [3.05, 3.63) is 26.6 Å². The van der Waals surface area contributed by atoms with Gasteiger partial charge in [-0.3, -0.25) is 0 Å². The van der Waals surface area contributed by atoms with Gasteiger partial charge in [-0.15, -0.1) is 11.3 Å². The van der Waals surface area contributed by atoms with Crippen LogP contribution in [0.4, 0.5) is 0 Å². The maximum atomic E-state index is 9.62. The third kappa shape index (κ3) is 1.44. The van der Waals surface area contributed by atoms with Crippen molar-refractivity contribution in [3.63, 3.8) is 0 Å². The van der Waals surface area contributed by atoms with E-state index >= 15 is 0 Å². The summed E-state index contributed by atoms with van der Waals surface area (Å²) < 4.78 is 2.36. The molecule has 1 aromatic heterocycles. The van der Waals surface area contributed by atoms with Crippen molar-refractivity contribution in [2.24, 2.45) is 0 Å². The smallest absolute Gasteiger partial charge is 0.135 e. The second-order valence-corrected chi connectivity index (χ2v) is 4.93. The van der Waals surface area contributed by atoms with E-state index in [1.54, 1.807) is 11.3 Å². The average molecular weight is 304 g/mol. The van der Waals surface area contributed by atoms with Crippen molar-refractivity contribution in [2.45, 2.75) is 13.3 Å². The lowest BCUT2D eigenvalue weighted by Crippen LogP contribution is -1.81. The number of halogens is 1. The largest absolute Gasteiger partial charge is 0.506 e. The molecule has 13 heavy (non-hydrogen) atoms. The molecule has 0 spiro atoms. The van der Waals surface area contributed by atoms with E-state index in [0.29, 0.717) is 5.75 Å². The standard InChI is InChI=1S/C10H9IOS/c1-2-6-3-4-7(11)9-8(12)5-13-10(6)9/h3-5,12H,2H2,1H3. The maximum absolute atomic E-state index is 9.62. The zero-order valence-electron chi connectivity index (χ0n) is 7.17. The molecule has 1 heterocycles. The minimum absolute atomic E-state index is 0.416. The van der Waals surface area contributed by atoms with E-state index in [1.807, 2.05) is 5.38 Å². The predicted molar refractivity (Wildman–Crippen MR) is 65.6 cm³/mol. The monoisotopic (exact) mass is 304 g/mol. The number of thiophene rings is 1. The Kier molecular flexibility index (Phi) is 2.47. The third-order valence-corrected chi connectivity index (χ3v) is 4.06. The summed E-state index contributed by atoms with van der Waals surface area (Å²) in [5.74, 6) is 0.416. The molecule has 0 amide bonds. The molecule has 0 aliphatic heterocycles. The van der Waals surface area contributed by atoms with Crippen LogP contribution in [0.2, 0.25) is 0 Å². The molecule has 68 valence electrons. The molecule has 1 nitrogen and oxygen atoms in total. The number of hydrogen-bond donors (Lipinski definition) is 1. The first kappa shape index (κ1) is 9.27. The molecule has 0 atom stereocenters. The molecule has 0 fully saturated rings. The number of aromatic hydroxyl groups is 1.